The van der Waals surface area contributed by atoms with Crippen molar-refractivity contribution in [3.63, 3.8) is 0 Å². The van der Waals surface area contributed by atoms with Gasteiger partial charge < -0.3 is 5.32 Å². The predicted octanol–water partition coefficient (Wildman–Crippen LogP) is 1.68. The van der Waals surface area contributed by atoms with Gasteiger partial charge in [-0.05, 0) is 27.9 Å². The maximum atomic E-state index is 3.92. The highest BCUT2D eigenvalue weighted by Crippen LogP contribution is 2.19. The zero-order chi connectivity index (χ0) is 9.80. The molecule has 0 saturated heterocycles. The summed E-state index contributed by atoms with van der Waals surface area (Å²) in [6, 6.07) is 0. The molecule has 74 valence electrons. The van der Waals surface area contributed by atoms with Crippen LogP contribution in [0.4, 0.5) is 5.13 Å². The molecular formula is C7H8BrN5S. The van der Waals surface area contributed by atoms with Crippen molar-refractivity contribution in [3.05, 3.63) is 21.9 Å². The van der Waals surface area contributed by atoms with Gasteiger partial charge in [0.2, 0.25) is 5.13 Å². The molecule has 2 aromatic heterocycles. The Kier molecular flexibility index (Phi) is 3.10. The van der Waals surface area contributed by atoms with Crippen molar-refractivity contribution in [2.75, 3.05) is 11.9 Å². The van der Waals surface area contributed by atoms with Gasteiger partial charge in [0.05, 0.1) is 6.20 Å². The maximum absolute atomic E-state index is 3.92. The fourth-order valence-corrected chi connectivity index (χ4v) is 2.04. The van der Waals surface area contributed by atoms with Gasteiger partial charge in [-0.25, -0.2) is 0 Å². The first-order valence-corrected chi connectivity index (χ1v) is 5.66. The summed E-state index contributed by atoms with van der Waals surface area (Å²) in [5.74, 6) is 0. The summed E-state index contributed by atoms with van der Waals surface area (Å²) >= 11 is 4.74. The molecule has 14 heavy (non-hydrogen) atoms. The van der Waals surface area contributed by atoms with Gasteiger partial charge in [0.25, 0.3) is 0 Å². The summed E-state index contributed by atoms with van der Waals surface area (Å²) in [6.45, 7) is 0.834. The zero-order valence-electron chi connectivity index (χ0n) is 7.20. The Morgan fingerprint density at radius 2 is 2.43 bits per heavy atom. The minimum Gasteiger partial charge on any atom is -0.360 e. The number of anilines is 1. The highest BCUT2D eigenvalue weighted by molar-refractivity contribution is 9.11. The first kappa shape index (κ1) is 9.60. The Balaban J connectivity index is 1.78. The average molecular weight is 274 g/mol. The molecule has 0 aliphatic rings. The Labute approximate surface area is 93.1 Å². The van der Waals surface area contributed by atoms with E-state index in [2.05, 4.69) is 41.6 Å². The Morgan fingerprint density at radius 3 is 3.07 bits per heavy atom. The predicted molar refractivity (Wildman–Crippen MR) is 58.4 cm³/mol. The molecule has 2 heterocycles. The minimum absolute atomic E-state index is 0.795. The van der Waals surface area contributed by atoms with Gasteiger partial charge in [0.1, 0.15) is 0 Å². The molecule has 2 N–H and O–H groups in total. The fourth-order valence-electron chi connectivity index (χ4n) is 1.00. The third-order valence-electron chi connectivity index (χ3n) is 1.65. The van der Waals surface area contributed by atoms with E-state index in [-0.39, 0.29) is 0 Å². The van der Waals surface area contributed by atoms with E-state index in [0.29, 0.717) is 0 Å². The van der Waals surface area contributed by atoms with Crippen molar-refractivity contribution < 1.29 is 0 Å². The van der Waals surface area contributed by atoms with Crippen LogP contribution in [0.15, 0.2) is 16.3 Å². The van der Waals surface area contributed by atoms with E-state index < -0.39 is 0 Å². The smallest absolute Gasteiger partial charge is 0.206 e. The van der Waals surface area contributed by atoms with Crippen molar-refractivity contribution in [2.45, 2.75) is 6.42 Å². The molecule has 0 unspecified atom stereocenters. The summed E-state index contributed by atoms with van der Waals surface area (Å²) in [5.41, 5.74) is 1.18. The van der Waals surface area contributed by atoms with Crippen LogP contribution in [-0.4, -0.2) is 26.9 Å². The monoisotopic (exact) mass is 273 g/mol. The first-order valence-electron chi connectivity index (χ1n) is 4.05. The van der Waals surface area contributed by atoms with E-state index in [1.165, 1.54) is 16.9 Å². The number of hydrogen-bond acceptors (Lipinski definition) is 5. The number of nitrogens with zero attached hydrogens (tertiary/aromatic N) is 3. The molecule has 0 aliphatic heterocycles. The van der Waals surface area contributed by atoms with Gasteiger partial charge in [0, 0.05) is 12.7 Å². The summed E-state index contributed by atoms with van der Waals surface area (Å²) < 4.78 is 0.795. The highest BCUT2D eigenvalue weighted by atomic mass is 79.9. The molecule has 0 aromatic carbocycles. The maximum Gasteiger partial charge on any atom is 0.206 e. The van der Waals surface area contributed by atoms with Crippen LogP contribution in [0, 0.1) is 0 Å². The highest BCUT2D eigenvalue weighted by Gasteiger charge is 2.00. The van der Waals surface area contributed by atoms with Crippen LogP contribution in [0.5, 0.6) is 0 Å². The number of aromatic amines is 1. The van der Waals surface area contributed by atoms with E-state index in [0.717, 1.165) is 22.0 Å². The zero-order valence-corrected chi connectivity index (χ0v) is 9.60. The molecule has 5 nitrogen and oxygen atoms in total. The summed E-state index contributed by atoms with van der Waals surface area (Å²) in [6.07, 6.45) is 4.63. The molecule has 7 heteroatoms. The Morgan fingerprint density at radius 1 is 1.50 bits per heavy atom. The second kappa shape index (κ2) is 4.52. The molecular weight excluding hydrogens is 266 g/mol. The second-order valence-electron chi connectivity index (χ2n) is 2.64. The Hall–Kier alpha value is -0.950. The van der Waals surface area contributed by atoms with Gasteiger partial charge in [-0.1, -0.05) is 11.3 Å². The van der Waals surface area contributed by atoms with Crippen LogP contribution in [-0.2, 0) is 6.42 Å². The van der Waals surface area contributed by atoms with E-state index in [1.54, 1.807) is 0 Å². The quantitative estimate of drug-likeness (QED) is 0.890. The van der Waals surface area contributed by atoms with Crippen molar-refractivity contribution in [3.8, 4) is 0 Å². The average Bonchev–Trinajstić information content (AvgIpc) is 2.77. The molecule has 2 rings (SSSR count). The summed E-state index contributed by atoms with van der Waals surface area (Å²) in [7, 11) is 0. The van der Waals surface area contributed by atoms with Gasteiger partial charge >= 0.3 is 0 Å². The van der Waals surface area contributed by atoms with Crippen LogP contribution in [0.3, 0.4) is 0 Å². The first-order chi connectivity index (χ1) is 6.84. The third-order valence-corrected chi connectivity index (χ3v) is 2.96. The van der Waals surface area contributed by atoms with Crippen molar-refractivity contribution >= 4 is 32.4 Å². The normalized spacial score (nSPS) is 10.4. The van der Waals surface area contributed by atoms with Gasteiger partial charge in [-0.15, -0.1) is 10.2 Å². The molecule has 0 amide bonds. The van der Waals surface area contributed by atoms with E-state index in [1.807, 2.05) is 12.4 Å². The van der Waals surface area contributed by atoms with Crippen molar-refractivity contribution in [1.29, 1.82) is 0 Å². The van der Waals surface area contributed by atoms with E-state index in [4.69, 9.17) is 0 Å². The molecule has 0 atom stereocenters. The van der Waals surface area contributed by atoms with E-state index in [9.17, 15) is 0 Å². The molecule has 0 radical (unpaired) electrons. The largest absolute Gasteiger partial charge is 0.360 e. The SMILES string of the molecule is Brc1nnc(NCCc2cn[nH]c2)s1. The summed E-state index contributed by atoms with van der Waals surface area (Å²) in [4.78, 5) is 0. The third kappa shape index (κ3) is 2.52. The van der Waals surface area contributed by atoms with E-state index >= 15 is 0 Å². The standard InChI is InChI=1S/C7H8BrN5S/c8-6-12-13-7(14-6)9-2-1-5-3-10-11-4-5/h3-4H,1-2H2,(H,9,13)(H,10,11). The van der Waals surface area contributed by atoms with Gasteiger partial charge in [-0.3, -0.25) is 5.10 Å². The number of nitrogens with one attached hydrogen (secondary N) is 2. The minimum atomic E-state index is 0.795. The second-order valence-corrected chi connectivity index (χ2v) is 4.90. The molecule has 0 bridgehead atoms. The van der Waals surface area contributed by atoms with Gasteiger partial charge in [0.15, 0.2) is 3.92 Å². The molecule has 2 aromatic rings. The fraction of sp³-hybridized carbons (Fsp3) is 0.286. The van der Waals surface area contributed by atoms with Crippen LogP contribution >= 0.6 is 27.3 Å². The van der Waals surface area contributed by atoms with Crippen LogP contribution in [0.2, 0.25) is 0 Å². The number of hydrogen-bond donors (Lipinski definition) is 2. The lowest BCUT2D eigenvalue weighted by atomic mass is 10.3. The summed E-state index contributed by atoms with van der Waals surface area (Å²) in [5, 5.41) is 18.4. The van der Waals surface area contributed by atoms with Crippen LogP contribution in [0.1, 0.15) is 5.56 Å². The lowest BCUT2D eigenvalue weighted by Gasteiger charge is -1.98. The topological polar surface area (TPSA) is 66.5 Å². The van der Waals surface area contributed by atoms with Crippen LogP contribution < -0.4 is 5.32 Å². The molecule has 0 aliphatic carbocycles. The number of H-pyrrole nitrogens is 1. The lowest BCUT2D eigenvalue weighted by Crippen LogP contribution is -2.03. The van der Waals surface area contributed by atoms with Gasteiger partial charge in [-0.2, -0.15) is 5.10 Å². The Bertz CT molecular complexity index is 384. The molecule has 0 fully saturated rings. The van der Waals surface area contributed by atoms with Crippen molar-refractivity contribution in [1.82, 2.24) is 20.4 Å². The number of rotatable bonds is 4. The number of halogens is 1. The lowest BCUT2D eigenvalue weighted by molar-refractivity contribution is 0.992. The van der Waals surface area contributed by atoms with Crippen LogP contribution in [0.25, 0.3) is 0 Å². The molecule has 0 saturated carbocycles. The van der Waals surface area contributed by atoms with Crippen molar-refractivity contribution in [2.24, 2.45) is 0 Å². The number of aromatic nitrogens is 4. The molecule has 0 spiro atoms.